The molecule has 1 aromatic rings. The molecule has 0 N–H and O–H groups in total. The lowest BCUT2D eigenvalue weighted by Gasteiger charge is -2.46. The number of halogens is 1. The molecule has 1 saturated heterocycles. The zero-order valence-electron chi connectivity index (χ0n) is 12.6. The van der Waals surface area contributed by atoms with Gasteiger partial charge in [-0.1, -0.05) is 40.2 Å². The van der Waals surface area contributed by atoms with Crippen molar-refractivity contribution < 1.29 is 19.1 Å². The Morgan fingerprint density at radius 3 is 2.41 bits per heavy atom. The highest BCUT2D eigenvalue weighted by atomic mass is 79.9. The van der Waals surface area contributed by atoms with E-state index in [4.69, 9.17) is 9.47 Å². The van der Waals surface area contributed by atoms with Crippen LogP contribution in [0.25, 0.3) is 0 Å². The highest BCUT2D eigenvalue weighted by molar-refractivity contribution is 9.09. The average Bonchev–Trinajstić information content (AvgIpc) is 2.76. The van der Waals surface area contributed by atoms with Crippen LogP contribution in [0.1, 0.15) is 29.1 Å². The number of carbonyl (C=O) groups is 2. The first kappa shape index (κ1) is 15.5. The first-order valence-electron chi connectivity index (χ1n) is 7.00. The molecule has 3 atom stereocenters. The Kier molecular flexibility index (Phi) is 3.74. The third kappa shape index (κ3) is 1.67. The van der Waals surface area contributed by atoms with Gasteiger partial charge in [-0.3, -0.25) is 14.6 Å². The molecule has 6 nitrogen and oxygen atoms in total. The number of hydrogen-bond acceptors (Lipinski definition) is 4. The number of alkyl halides is 1. The van der Waals surface area contributed by atoms with Crippen LogP contribution in [-0.4, -0.2) is 48.2 Å². The molecule has 0 aliphatic carbocycles. The van der Waals surface area contributed by atoms with Crippen LogP contribution >= 0.6 is 15.9 Å². The number of ether oxygens (including phenoxy) is 2. The minimum absolute atomic E-state index is 0.284. The van der Waals surface area contributed by atoms with Crippen molar-refractivity contribution in [3.05, 3.63) is 35.4 Å². The van der Waals surface area contributed by atoms with Gasteiger partial charge >= 0.3 is 6.03 Å². The third-order valence-electron chi connectivity index (χ3n) is 4.31. The summed E-state index contributed by atoms with van der Waals surface area (Å²) in [6.45, 7) is 2.04. The van der Waals surface area contributed by atoms with Crippen LogP contribution in [-0.2, 0) is 14.3 Å². The van der Waals surface area contributed by atoms with Crippen molar-refractivity contribution in [3.63, 3.8) is 0 Å². The number of benzene rings is 1. The molecule has 118 valence electrons. The van der Waals surface area contributed by atoms with Crippen LogP contribution in [0.5, 0.6) is 0 Å². The Morgan fingerprint density at radius 1 is 1.23 bits per heavy atom. The second-order valence-corrected chi connectivity index (χ2v) is 6.10. The maximum Gasteiger partial charge on any atom is 0.331 e. The van der Waals surface area contributed by atoms with Crippen molar-refractivity contribution in [3.8, 4) is 0 Å². The number of nitrogens with zero attached hydrogens (tertiary/aromatic N) is 2. The number of likely N-dealkylation sites (N-methyl/N-ethyl adjacent to an activating group) is 1. The Bertz CT molecular complexity index is 638. The molecule has 1 aromatic carbocycles. The van der Waals surface area contributed by atoms with Gasteiger partial charge in [0.2, 0.25) is 5.72 Å². The van der Waals surface area contributed by atoms with E-state index in [-0.39, 0.29) is 12.5 Å². The van der Waals surface area contributed by atoms with E-state index in [0.717, 1.165) is 11.1 Å². The molecular formula is C15H17BrN2O4. The highest BCUT2D eigenvalue weighted by Crippen LogP contribution is 2.53. The van der Waals surface area contributed by atoms with E-state index in [2.05, 4.69) is 15.9 Å². The quantitative estimate of drug-likeness (QED) is 0.607. The smallest absolute Gasteiger partial charge is 0.331 e. The van der Waals surface area contributed by atoms with Gasteiger partial charge in [0.05, 0.1) is 4.83 Å². The fraction of sp³-hybridized carbons (Fsp3) is 0.467. The predicted octanol–water partition coefficient (Wildman–Crippen LogP) is 2.41. The summed E-state index contributed by atoms with van der Waals surface area (Å²) in [4.78, 5) is 27.7. The Labute approximate surface area is 137 Å². The number of hydrogen-bond donors (Lipinski definition) is 0. The molecule has 7 heteroatoms. The lowest BCUT2D eigenvalue weighted by atomic mass is 9.90. The summed E-state index contributed by atoms with van der Waals surface area (Å²) in [5.41, 5.74) is 0.299. The molecular weight excluding hydrogens is 352 g/mol. The fourth-order valence-corrected chi connectivity index (χ4v) is 4.30. The molecule has 2 heterocycles. The Morgan fingerprint density at radius 2 is 1.86 bits per heavy atom. The van der Waals surface area contributed by atoms with Gasteiger partial charge in [-0.2, -0.15) is 0 Å². The Balaban J connectivity index is 2.27. The van der Waals surface area contributed by atoms with Crippen LogP contribution in [0.3, 0.4) is 0 Å². The van der Waals surface area contributed by atoms with Gasteiger partial charge in [-0.25, -0.2) is 4.79 Å². The molecule has 2 aliphatic rings. The molecule has 0 bridgehead atoms. The molecule has 3 rings (SSSR count). The monoisotopic (exact) mass is 368 g/mol. The average molecular weight is 369 g/mol. The van der Waals surface area contributed by atoms with Gasteiger partial charge < -0.3 is 9.47 Å². The third-order valence-corrected chi connectivity index (χ3v) is 5.42. The van der Waals surface area contributed by atoms with E-state index in [0.29, 0.717) is 0 Å². The summed E-state index contributed by atoms with van der Waals surface area (Å²) < 4.78 is 11.1. The van der Waals surface area contributed by atoms with Crippen molar-refractivity contribution in [1.29, 1.82) is 0 Å². The first-order chi connectivity index (χ1) is 10.5. The molecule has 2 aliphatic heterocycles. The number of methoxy groups -OCH3 is 2. The number of amides is 3. The van der Waals surface area contributed by atoms with E-state index >= 15 is 0 Å². The second-order valence-electron chi connectivity index (χ2n) is 5.18. The summed E-state index contributed by atoms with van der Waals surface area (Å²) in [5, 5.41) is 0. The van der Waals surface area contributed by atoms with E-state index < -0.39 is 22.8 Å². The van der Waals surface area contributed by atoms with Gasteiger partial charge in [-0.15, -0.1) is 0 Å². The van der Waals surface area contributed by atoms with E-state index in [1.54, 1.807) is 6.92 Å². The SMILES string of the molecule is CCN1C(=O)N2[C@@H](OC)c3ccccc3[C@H](Br)[C@@]2(OC)C1=O. The minimum Gasteiger partial charge on any atom is -0.357 e. The van der Waals surface area contributed by atoms with Gasteiger partial charge in [-0.05, 0) is 12.5 Å². The zero-order chi connectivity index (χ0) is 16.1. The number of urea groups is 1. The maximum absolute atomic E-state index is 12.9. The van der Waals surface area contributed by atoms with Crippen LogP contribution < -0.4 is 0 Å². The van der Waals surface area contributed by atoms with Crippen LogP contribution in [0, 0.1) is 0 Å². The van der Waals surface area contributed by atoms with Crippen LogP contribution in [0.15, 0.2) is 24.3 Å². The largest absolute Gasteiger partial charge is 0.357 e. The number of imide groups is 1. The van der Waals surface area contributed by atoms with Crippen LogP contribution in [0.4, 0.5) is 4.79 Å². The number of rotatable bonds is 3. The van der Waals surface area contributed by atoms with Crippen molar-refractivity contribution in [2.24, 2.45) is 0 Å². The summed E-state index contributed by atoms with van der Waals surface area (Å²) in [6, 6.07) is 7.16. The predicted molar refractivity (Wildman–Crippen MR) is 82.2 cm³/mol. The van der Waals surface area contributed by atoms with Crippen molar-refractivity contribution in [1.82, 2.24) is 9.80 Å². The van der Waals surface area contributed by atoms with Crippen LogP contribution in [0.2, 0.25) is 0 Å². The zero-order valence-corrected chi connectivity index (χ0v) is 14.2. The molecule has 0 unspecified atom stereocenters. The normalized spacial score (nSPS) is 30.5. The van der Waals surface area contributed by atoms with E-state index in [1.807, 2.05) is 24.3 Å². The van der Waals surface area contributed by atoms with E-state index in [1.165, 1.54) is 24.0 Å². The second kappa shape index (κ2) is 5.33. The topological polar surface area (TPSA) is 59.1 Å². The fourth-order valence-electron chi connectivity index (χ4n) is 3.28. The summed E-state index contributed by atoms with van der Waals surface area (Å²) in [5.74, 6) is -0.374. The van der Waals surface area contributed by atoms with Gasteiger partial charge in [0.1, 0.15) is 0 Å². The van der Waals surface area contributed by atoms with Gasteiger partial charge in [0.15, 0.2) is 6.23 Å². The standard InChI is InChI=1S/C15H17BrN2O4/c1-4-17-13(19)15(22-3)11(16)9-7-5-6-8-10(9)12(21-2)18(15)14(17)20/h5-8,11-12H,4H2,1-3H3/t11-,12-,15+/m0/s1. The first-order valence-corrected chi connectivity index (χ1v) is 7.92. The van der Waals surface area contributed by atoms with Crippen molar-refractivity contribution in [2.75, 3.05) is 20.8 Å². The maximum atomic E-state index is 12.9. The minimum atomic E-state index is -1.43. The Hall–Kier alpha value is -1.44. The van der Waals surface area contributed by atoms with E-state index in [9.17, 15) is 9.59 Å². The number of carbonyl (C=O) groups excluding carboxylic acids is 2. The summed E-state index contributed by atoms with van der Waals surface area (Å²) in [7, 11) is 2.95. The lowest BCUT2D eigenvalue weighted by molar-refractivity contribution is -0.184. The molecule has 3 amide bonds. The van der Waals surface area contributed by atoms with Crippen molar-refractivity contribution in [2.45, 2.75) is 23.7 Å². The van der Waals surface area contributed by atoms with Gasteiger partial charge in [0, 0.05) is 26.3 Å². The molecule has 0 saturated carbocycles. The molecule has 0 aromatic heterocycles. The number of fused-ring (bicyclic) bond motifs is 2. The van der Waals surface area contributed by atoms with Gasteiger partial charge in [0.25, 0.3) is 5.91 Å². The molecule has 0 spiro atoms. The van der Waals surface area contributed by atoms with Crippen molar-refractivity contribution >= 4 is 27.9 Å². The lowest BCUT2D eigenvalue weighted by Crippen LogP contribution is -2.58. The highest BCUT2D eigenvalue weighted by Gasteiger charge is 2.66. The molecule has 0 radical (unpaired) electrons. The molecule has 1 fully saturated rings. The summed E-state index contributed by atoms with van der Waals surface area (Å²) in [6.07, 6.45) is -0.669. The molecule has 22 heavy (non-hydrogen) atoms. The summed E-state index contributed by atoms with van der Waals surface area (Å²) >= 11 is 3.57.